The minimum Gasteiger partial charge on any atom is -0.354 e. The fourth-order valence-electron chi connectivity index (χ4n) is 4.12. The van der Waals surface area contributed by atoms with Gasteiger partial charge in [-0.25, -0.2) is 9.97 Å². The quantitative estimate of drug-likeness (QED) is 0.392. The Hall–Kier alpha value is -3.37. The number of H-pyrrole nitrogens is 1. The Labute approximate surface area is 201 Å². The first-order valence-electron chi connectivity index (χ1n) is 10.6. The van der Waals surface area contributed by atoms with Crippen molar-refractivity contribution in [2.24, 2.45) is 0 Å². The number of anilines is 1. The molecule has 0 unspecified atom stereocenters. The SMILES string of the molecule is N#C/C=C(\c1ccc(Cl)cc1Cl)c1c[nH]c2ncc(-c3ccnc(N4CCNCC4)c3)cc12. The summed E-state index contributed by atoms with van der Waals surface area (Å²) in [6.07, 6.45) is 7.04. The van der Waals surface area contributed by atoms with Crippen molar-refractivity contribution in [1.82, 2.24) is 20.3 Å². The van der Waals surface area contributed by atoms with Gasteiger partial charge in [-0.3, -0.25) is 0 Å². The van der Waals surface area contributed by atoms with Gasteiger partial charge in [0.2, 0.25) is 0 Å². The molecule has 6 nitrogen and oxygen atoms in total. The standard InChI is InChI=1S/C25H20Cl2N6/c26-18-1-2-20(23(27)13-18)19(3-5-28)22-15-32-25-21(22)11-17(14-31-25)16-4-6-30-24(12-16)33-9-7-29-8-10-33/h1-4,6,11-15,29H,7-10H2,(H,31,32)/b19-3+. The van der Waals surface area contributed by atoms with Crippen molar-refractivity contribution >= 4 is 45.6 Å². The van der Waals surface area contributed by atoms with Crippen LogP contribution in [0.3, 0.4) is 0 Å². The minimum absolute atomic E-state index is 0.484. The van der Waals surface area contributed by atoms with Gasteiger partial charge in [0.05, 0.1) is 6.07 Å². The maximum atomic E-state index is 9.46. The second-order valence-electron chi connectivity index (χ2n) is 7.77. The summed E-state index contributed by atoms with van der Waals surface area (Å²) < 4.78 is 0. The van der Waals surface area contributed by atoms with E-state index in [4.69, 9.17) is 23.2 Å². The molecule has 33 heavy (non-hydrogen) atoms. The van der Waals surface area contributed by atoms with E-state index >= 15 is 0 Å². The topological polar surface area (TPSA) is 80.6 Å². The number of piperazine rings is 1. The number of pyridine rings is 2. The van der Waals surface area contributed by atoms with Crippen LogP contribution in [0.15, 0.2) is 61.1 Å². The average Bonchev–Trinajstić information content (AvgIpc) is 3.27. The number of aromatic amines is 1. The summed E-state index contributed by atoms with van der Waals surface area (Å²) >= 11 is 12.5. The molecule has 1 fully saturated rings. The first-order valence-corrected chi connectivity index (χ1v) is 11.3. The van der Waals surface area contributed by atoms with Gasteiger partial charge in [0.25, 0.3) is 0 Å². The zero-order valence-corrected chi connectivity index (χ0v) is 19.2. The van der Waals surface area contributed by atoms with E-state index in [-0.39, 0.29) is 0 Å². The number of benzene rings is 1. The van der Waals surface area contributed by atoms with Gasteiger partial charge >= 0.3 is 0 Å². The predicted molar refractivity (Wildman–Crippen MR) is 134 cm³/mol. The number of allylic oxidation sites excluding steroid dienone is 1. The summed E-state index contributed by atoms with van der Waals surface area (Å²) in [5.41, 5.74) is 5.04. The fraction of sp³-hybridized carbons (Fsp3) is 0.160. The smallest absolute Gasteiger partial charge is 0.137 e. The molecule has 2 N–H and O–H groups in total. The van der Waals surface area contributed by atoms with Crippen LogP contribution in [0, 0.1) is 11.3 Å². The monoisotopic (exact) mass is 474 g/mol. The van der Waals surface area contributed by atoms with Crippen molar-refractivity contribution in [3.63, 3.8) is 0 Å². The molecule has 1 aliphatic heterocycles. The third kappa shape index (κ3) is 4.31. The first-order chi connectivity index (χ1) is 16.1. The maximum Gasteiger partial charge on any atom is 0.137 e. The van der Waals surface area contributed by atoms with Crippen LogP contribution in [-0.4, -0.2) is 41.1 Å². The van der Waals surface area contributed by atoms with Crippen molar-refractivity contribution < 1.29 is 0 Å². The lowest BCUT2D eigenvalue weighted by molar-refractivity contribution is 0.585. The molecule has 164 valence electrons. The maximum absolute atomic E-state index is 9.46. The molecule has 0 atom stereocenters. The molecular weight excluding hydrogens is 455 g/mol. The molecule has 1 saturated heterocycles. The van der Waals surface area contributed by atoms with Crippen LogP contribution >= 0.6 is 23.2 Å². The summed E-state index contributed by atoms with van der Waals surface area (Å²) in [6, 6.07) is 13.6. The molecule has 5 rings (SSSR count). The van der Waals surface area contributed by atoms with Crippen LogP contribution in [0.5, 0.6) is 0 Å². The van der Waals surface area contributed by atoms with Crippen molar-refractivity contribution in [3.05, 3.63) is 82.2 Å². The van der Waals surface area contributed by atoms with Crippen LogP contribution in [0.25, 0.3) is 27.7 Å². The molecule has 1 aromatic carbocycles. The Morgan fingerprint density at radius 1 is 1.03 bits per heavy atom. The molecule has 3 aromatic heterocycles. The van der Waals surface area contributed by atoms with Gasteiger partial charge in [-0.1, -0.05) is 29.3 Å². The highest BCUT2D eigenvalue weighted by molar-refractivity contribution is 6.36. The number of hydrogen-bond donors (Lipinski definition) is 2. The molecule has 8 heteroatoms. The highest BCUT2D eigenvalue weighted by atomic mass is 35.5. The van der Waals surface area contributed by atoms with E-state index in [1.54, 1.807) is 12.1 Å². The highest BCUT2D eigenvalue weighted by Crippen LogP contribution is 2.36. The van der Waals surface area contributed by atoms with E-state index in [1.165, 1.54) is 6.08 Å². The Balaban J connectivity index is 1.58. The van der Waals surface area contributed by atoms with Crippen LogP contribution in [0.4, 0.5) is 5.82 Å². The second-order valence-corrected chi connectivity index (χ2v) is 8.62. The van der Waals surface area contributed by atoms with Gasteiger partial charge < -0.3 is 15.2 Å². The molecule has 4 aromatic rings. The predicted octanol–water partition coefficient (Wildman–Crippen LogP) is 5.30. The lowest BCUT2D eigenvalue weighted by Crippen LogP contribution is -2.43. The number of hydrogen-bond acceptors (Lipinski definition) is 5. The van der Waals surface area contributed by atoms with Crippen LogP contribution in [0.2, 0.25) is 10.0 Å². The number of nitrogens with zero attached hydrogens (tertiary/aromatic N) is 4. The Morgan fingerprint density at radius 3 is 2.67 bits per heavy atom. The third-order valence-electron chi connectivity index (χ3n) is 5.77. The second kappa shape index (κ2) is 9.24. The normalized spacial score (nSPS) is 14.5. The van der Waals surface area contributed by atoms with E-state index in [0.29, 0.717) is 15.6 Å². The molecule has 0 amide bonds. The number of halogens is 2. The Morgan fingerprint density at radius 2 is 1.88 bits per heavy atom. The van der Waals surface area contributed by atoms with Gasteiger partial charge in [0.15, 0.2) is 0 Å². The number of nitrogens with one attached hydrogen (secondary N) is 2. The number of aromatic nitrogens is 3. The van der Waals surface area contributed by atoms with Gasteiger partial charge in [-0.05, 0) is 35.9 Å². The van der Waals surface area contributed by atoms with Gasteiger partial charge in [-0.15, -0.1) is 0 Å². The van der Waals surface area contributed by atoms with E-state index < -0.39 is 0 Å². The molecule has 0 saturated carbocycles. The zero-order chi connectivity index (χ0) is 22.8. The van der Waals surface area contributed by atoms with E-state index in [0.717, 1.165) is 65.3 Å². The fourth-order valence-corrected chi connectivity index (χ4v) is 4.63. The molecule has 0 radical (unpaired) electrons. The van der Waals surface area contributed by atoms with Crippen molar-refractivity contribution in [3.8, 4) is 17.2 Å². The van der Waals surface area contributed by atoms with Crippen LogP contribution < -0.4 is 10.2 Å². The van der Waals surface area contributed by atoms with E-state index in [9.17, 15) is 5.26 Å². The molecule has 0 bridgehead atoms. The van der Waals surface area contributed by atoms with Crippen molar-refractivity contribution in [2.75, 3.05) is 31.1 Å². The summed E-state index contributed by atoms with van der Waals surface area (Å²) in [7, 11) is 0. The summed E-state index contributed by atoms with van der Waals surface area (Å²) in [6.45, 7) is 3.76. The lowest BCUT2D eigenvalue weighted by atomic mass is 9.96. The molecule has 4 heterocycles. The lowest BCUT2D eigenvalue weighted by Gasteiger charge is -2.28. The number of fused-ring (bicyclic) bond motifs is 1. The first kappa shape index (κ1) is 21.5. The van der Waals surface area contributed by atoms with Gasteiger partial charge in [0, 0.05) is 88.5 Å². The Kier molecular flexibility index (Phi) is 6.01. The minimum atomic E-state index is 0.484. The van der Waals surface area contributed by atoms with Crippen molar-refractivity contribution in [2.45, 2.75) is 0 Å². The van der Waals surface area contributed by atoms with Gasteiger partial charge in [0.1, 0.15) is 11.5 Å². The third-order valence-corrected chi connectivity index (χ3v) is 6.32. The van der Waals surface area contributed by atoms with Crippen molar-refractivity contribution in [1.29, 1.82) is 5.26 Å². The number of nitriles is 1. The van der Waals surface area contributed by atoms with Crippen LogP contribution in [-0.2, 0) is 0 Å². The summed E-state index contributed by atoms with van der Waals surface area (Å²) in [5.74, 6) is 0.960. The molecule has 0 aliphatic carbocycles. The molecule has 0 spiro atoms. The van der Waals surface area contributed by atoms with Gasteiger partial charge in [-0.2, -0.15) is 5.26 Å². The summed E-state index contributed by atoms with van der Waals surface area (Å²) in [5, 5.41) is 14.8. The van der Waals surface area contributed by atoms with Crippen LogP contribution in [0.1, 0.15) is 11.1 Å². The molecule has 1 aliphatic rings. The summed E-state index contributed by atoms with van der Waals surface area (Å²) in [4.78, 5) is 14.7. The zero-order valence-electron chi connectivity index (χ0n) is 17.6. The average molecular weight is 475 g/mol. The van der Waals surface area contributed by atoms with E-state index in [1.807, 2.05) is 30.7 Å². The van der Waals surface area contributed by atoms with E-state index in [2.05, 4.69) is 43.4 Å². The molecular formula is C25H20Cl2N6. The number of rotatable bonds is 4. The largest absolute Gasteiger partial charge is 0.354 e. The highest BCUT2D eigenvalue weighted by Gasteiger charge is 2.17. The Bertz CT molecular complexity index is 1400.